The number of benzene rings is 2. The molecule has 2 aromatic carbocycles. The Morgan fingerprint density at radius 2 is 1.88 bits per heavy atom. The van der Waals surface area contributed by atoms with Gasteiger partial charge in [0.2, 0.25) is 0 Å². The van der Waals surface area contributed by atoms with E-state index in [1.165, 1.54) is 16.9 Å². The number of nitrogens with zero attached hydrogens (tertiary/aromatic N) is 3. The van der Waals surface area contributed by atoms with Crippen LogP contribution < -0.4 is 0 Å². The molecule has 0 spiro atoms. The van der Waals surface area contributed by atoms with E-state index in [1.54, 1.807) is 37.1 Å². The molecule has 1 amide bonds. The van der Waals surface area contributed by atoms with E-state index in [-0.39, 0.29) is 11.7 Å². The number of para-hydroxylation sites is 1. The number of halogens is 2. The van der Waals surface area contributed by atoms with E-state index >= 15 is 0 Å². The molecule has 6 heteroatoms. The highest BCUT2D eigenvalue weighted by atomic mass is 79.9. The summed E-state index contributed by atoms with van der Waals surface area (Å²) in [5.41, 5.74) is 2.42. The van der Waals surface area contributed by atoms with Gasteiger partial charge < -0.3 is 4.90 Å². The Labute approximate surface area is 154 Å². The predicted octanol–water partition coefficient (Wildman–Crippen LogP) is 4.35. The van der Waals surface area contributed by atoms with Crippen molar-refractivity contribution in [3.05, 3.63) is 81.8 Å². The molecule has 25 heavy (non-hydrogen) atoms. The maximum absolute atomic E-state index is 14.0. The first-order valence-corrected chi connectivity index (χ1v) is 8.56. The molecule has 0 radical (unpaired) electrons. The lowest BCUT2D eigenvalue weighted by molar-refractivity contribution is 0.0784. The second-order valence-electron chi connectivity index (χ2n) is 5.79. The van der Waals surface area contributed by atoms with Crippen molar-refractivity contribution in [1.29, 1.82) is 0 Å². The summed E-state index contributed by atoms with van der Waals surface area (Å²) < 4.78 is 16.4. The number of hydrogen-bond acceptors (Lipinski definition) is 2. The van der Waals surface area contributed by atoms with Crippen LogP contribution in [0.5, 0.6) is 0 Å². The Bertz CT molecular complexity index is 905. The molecular weight excluding hydrogens is 385 g/mol. The third-order valence-electron chi connectivity index (χ3n) is 4.00. The average Bonchev–Trinajstić information content (AvgIpc) is 2.98. The molecule has 0 unspecified atom stereocenters. The van der Waals surface area contributed by atoms with Gasteiger partial charge >= 0.3 is 0 Å². The molecule has 0 fully saturated rings. The third kappa shape index (κ3) is 3.64. The molecule has 0 atom stereocenters. The molecule has 3 aromatic rings. The second-order valence-corrected chi connectivity index (χ2v) is 6.71. The van der Waals surface area contributed by atoms with Gasteiger partial charge in [-0.05, 0) is 36.8 Å². The van der Waals surface area contributed by atoms with Crippen molar-refractivity contribution in [3.8, 4) is 5.69 Å². The van der Waals surface area contributed by atoms with E-state index in [0.29, 0.717) is 23.5 Å². The summed E-state index contributed by atoms with van der Waals surface area (Å²) in [4.78, 5) is 14.4. The highest BCUT2D eigenvalue weighted by Gasteiger charge is 2.19. The van der Waals surface area contributed by atoms with E-state index in [9.17, 15) is 9.18 Å². The van der Waals surface area contributed by atoms with Crippen molar-refractivity contribution in [2.75, 3.05) is 7.05 Å². The van der Waals surface area contributed by atoms with Crippen LogP contribution in [0.25, 0.3) is 5.69 Å². The van der Waals surface area contributed by atoms with Crippen molar-refractivity contribution in [1.82, 2.24) is 14.7 Å². The van der Waals surface area contributed by atoms with E-state index < -0.39 is 0 Å². The van der Waals surface area contributed by atoms with Crippen LogP contribution in [0.3, 0.4) is 0 Å². The highest BCUT2D eigenvalue weighted by Crippen LogP contribution is 2.19. The standard InChI is InChI=1S/C19H17BrFN3O/c1-13-16(11-22-24(13)18-6-4-3-5-17(18)21)19(25)23(2)12-14-7-9-15(20)10-8-14/h3-11H,12H2,1-2H3. The summed E-state index contributed by atoms with van der Waals surface area (Å²) in [5, 5.41) is 4.19. The quantitative estimate of drug-likeness (QED) is 0.651. The van der Waals surface area contributed by atoms with Gasteiger partial charge in [0.05, 0.1) is 17.5 Å². The fourth-order valence-electron chi connectivity index (χ4n) is 2.63. The predicted molar refractivity (Wildman–Crippen MR) is 98.2 cm³/mol. The Morgan fingerprint density at radius 1 is 1.20 bits per heavy atom. The van der Waals surface area contributed by atoms with Gasteiger partial charge in [-0.2, -0.15) is 5.10 Å². The maximum atomic E-state index is 14.0. The zero-order chi connectivity index (χ0) is 18.0. The van der Waals surface area contributed by atoms with Crippen LogP contribution in [0.1, 0.15) is 21.6 Å². The Morgan fingerprint density at radius 3 is 2.56 bits per heavy atom. The molecule has 1 heterocycles. The summed E-state index contributed by atoms with van der Waals surface area (Å²) in [6.45, 7) is 2.25. The maximum Gasteiger partial charge on any atom is 0.257 e. The zero-order valence-corrected chi connectivity index (χ0v) is 15.5. The first-order chi connectivity index (χ1) is 12.0. The molecule has 4 nitrogen and oxygen atoms in total. The molecule has 0 saturated heterocycles. The SMILES string of the molecule is Cc1c(C(=O)N(C)Cc2ccc(Br)cc2)cnn1-c1ccccc1F. The molecule has 0 saturated carbocycles. The van der Waals surface area contributed by atoms with Crippen LogP contribution >= 0.6 is 15.9 Å². The van der Waals surface area contributed by atoms with E-state index in [4.69, 9.17) is 0 Å². The Balaban J connectivity index is 1.83. The summed E-state index contributed by atoms with van der Waals surface area (Å²) in [5.74, 6) is -0.529. The number of amides is 1. The summed E-state index contributed by atoms with van der Waals surface area (Å²) >= 11 is 3.40. The minimum absolute atomic E-state index is 0.150. The zero-order valence-electron chi connectivity index (χ0n) is 13.9. The largest absolute Gasteiger partial charge is 0.337 e. The summed E-state index contributed by atoms with van der Waals surface area (Å²) in [7, 11) is 1.74. The molecule has 0 aliphatic carbocycles. The molecule has 0 aliphatic rings. The molecule has 0 bridgehead atoms. The molecular formula is C19H17BrFN3O. The van der Waals surface area contributed by atoms with Crippen LogP contribution in [0.15, 0.2) is 59.2 Å². The van der Waals surface area contributed by atoms with Crippen LogP contribution in [0, 0.1) is 12.7 Å². The van der Waals surface area contributed by atoms with E-state index in [1.807, 2.05) is 24.3 Å². The van der Waals surface area contributed by atoms with Gasteiger partial charge in [-0.3, -0.25) is 4.79 Å². The van der Waals surface area contributed by atoms with Gasteiger partial charge in [0, 0.05) is 18.1 Å². The van der Waals surface area contributed by atoms with Crippen LogP contribution in [0.4, 0.5) is 4.39 Å². The number of hydrogen-bond donors (Lipinski definition) is 0. The minimum atomic E-state index is -0.379. The smallest absolute Gasteiger partial charge is 0.257 e. The number of aromatic nitrogens is 2. The van der Waals surface area contributed by atoms with Crippen LogP contribution in [-0.4, -0.2) is 27.6 Å². The monoisotopic (exact) mass is 401 g/mol. The molecule has 0 aliphatic heterocycles. The molecule has 128 valence electrons. The molecule has 3 rings (SSSR count). The first kappa shape index (κ1) is 17.4. The number of rotatable bonds is 4. The van der Waals surface area contributed by atoms with Gasteiger partial charge in [0.1, 0.15) is 11.5 Å². The fraction of sp³-hybridized carbons (Fsp3) is 0.158. The Hall–Kier alpha value is -2.47. The summed E-state index contributed by atoms with van der Waals surface area (Å²) in [6, 6.07) is 14.2. The van der Waals surface area contributed by atoms with Gasteiger partial charge in [-0.1, -0.05) is 40.2 Å². The lowest BCUT2D eigenvalue weighted by Gasteiger charge is -2.17. The third-order valence-corrected chi connectivity index (χ3v) is 4.53. The van der Waals surface area contributed by atoms with Crippen LogP contribution in [-0.2, 0) is 6.54 Å². The van der Waals surface area contributed by atoms with Gasteiger partial charge in [0.25, 0.3) is 5.91 Å². The molecule has 1 aromatic heterocycles. The highest BCUT2D eigenvalue weighted by molar-refractivity contribution is 9.10. The van der Waals surface area contributed by atoms with Gasteiger partial charge in [-0.15, -0.1) is 0 Å². The van der Waals surface area contributed by atoms with Crippen molar-refractivity contribution in [2.45, 2.75) is 13.5 Å². The van der Waals surface area contributed by atoms with Crippen LogP contribution in [0.2, 0.25) is 0 Å². The van der Waals surface area contributed by atoms with Gasteiger partial charge in [-0.25, -0.2) is 9.07 Å². The lowest BCUT2D eigenvalue weighted by atomic mass is 10.2. The van der Waals surface area contributed by atoms with E-state index in [0.717, 1.165) is 10.0 Å². The van der Waals surface area contributed by atoms with Crippen molar-refractivity contribution < 1.29 is 9.18 Å². The Kier molecular flexibility index (Phi) is 4.99. The fourth-order valence-corrected chi connectivity index (χ4v) is 2.89. The average molecular weight is 402 g/mol. The van der Waals surface area contributed by atoms with Crippen molar-refractivity contribution in [2.24, 2.45) is 0 Å². The van der Waals surface area contributed by atoms with E-state index in [2.05, 4.69) is 21.0 Å². The first-order valence-electron chi connectivity index (χ1n) is 7.77. The van der Waals surface area contributed by atoms with Gasteiger partial charge in [0.15, 0.2) is 0 Å². The second kappa shape index (κ2) is 7.19. The normalized spacial score (nSPS) is 10.7. The number of carbonyl (C=O) groups is 1. The summed E-state index contributed by atoms with van der Waals surface area (Å²) in [6.07, 6.45) is 1.49. The molecule has 0 N–H and O–H groups in total. The lowest BCUT2D eigenvalue weighted by Crippen LogP contribution is -2.26. The minimum Gasteiger partial charge on any atom is -0.337 e. The van der Waals surface area contributed by atoms with Crippen molar-refractivity contribution >= 4 is 21.8 Å². The number of carbonyl (C=O) groups excluding carboxylic acids is 1. The van der Waals surface area contributed by atoms with Crippen molar-refractivity contribution in [3.63, 3.8) is 0 Å². The topological polar surface area (TPSA) is 38.1 Å².